The Morgan fingerprint density at radius 3 is 2.71 bits per heavy atom. The number of hydrogen-bond acceptors (Lipinski definition) is 3. The van der Waals surface area contributed by atoms with Gasteiger partial charge in [0.1, 0.15) is 6.54 Å². The molecule has 1 aliphatic carbocycles. The fourth-order valence-electron chi connectivity index (χ4n) is 6.18. The highest BCUT2D eigenvalue weighted by atomic mass is 16.5. The average molecular weight is 475 g/mol. The summed E-state index contributed by atoms with van der Waals surface area (Å²) in [6.45, 7) is 9.75. The Balaban J connectivity index is 1.34. The molecule has 1 aromatic carbocycles. The van der Waals surface area contributed by atoms with E-state index in [1.165, 1.54) is 46.1 Å². The molecule has 2 aliphatic rings. The Morgan fingerprint density at radius 2 is 1.97 bits per heavy atom. The fourth-order valence-corrected chi connectivity index (χ4v) is 6.18. The fraction of sp³-hybridized carbons (Fsp3) is 0.533. The Morgan fingerprint density at radius 1 is 1.17 bits per heavy atom. The van der Waals surface area contributed by atoms with Crippen LogP contribution in [0, 0.1) is 19.3 Å². The summed E-state index contributed by atoms with van der Waals surface area (Å²) in [5, 5.41) is 1.36. The summed E-state index contributed by atoms with van der Waals surface area (Å²) in [5.41, 5.74) is 7.96. The number of nitrogens with zero attached hydrogens (tertiary/aromatic N) is 3. The van der Waals surface area contributed by atoms with Crippen molar-refractivity contribution in [2.45, 2.75) is 78.8 Å². The number of benzene rings is 1. The van der Waals surface area contributed by atoms with Crippen LogP contribution in [-0.2, 0) is 35.5 Å². The van der Waals surface area contributed by atoms with Gasteiger partial charge in [-0.25, -0.2) is 0 Å². The molecule has 186 valence electrons. The molecule has 5 rings (SSSR count). The first-order valence-electron chi connectivity index (χ1n) is 13.3. The highest BCUT2D eigenvalue weighted by Crippen LogP contribution is 2.41. The van der Waals surface area contributed by atoms with Crippen LogP contribution in [0.25, 0.3) is 10.9 Å². The van der Waals surface area contributed by atoms with Gasteiger partial charge in [0, 0.05) is 47.0 Å². The minimum Gasteiger partial charge on any atom is -0.415 e. The number of quaternary nitrogens is 1. The van der Waals surface area contributed by atoms with Crippen molar-refractivity contribution in [2.24, 2.45) is 5.41 Å². The van der Waals surface area contributed by atoms with Gasteiger partial charge in [0.05, 0.1) is 20.0 Å². The topological polar surface area (TPSA) is 44.1 Å². The minimum atomic E-state index is -0.0236. The van der Waals surface area contributed by atoms with Crippen molar-refractivity contribution in [3.05, 3.63) is 64.6 Å². The van der Waals surface area contributed by atoms with E-state index in [-0.39, 0.29) is 11.4 Å². The molecule has 0 saturated heterocycles. The Kier molecular flexibility index (Phi) is 6.47. The van der Waals surface area contributed by atoms with E-state index in [0.717, 1.165) is 55.5 Å². The van der Waals surface area contributed by atoms with Gasteiger partial charge in [-0.05, 0) is 62.3 Å². The first-order chi connectivity index (χ1) is 16.7. The molecule has 5 nitrogen and oxygen atoms in total. The van der Waals surface area contributed by atoms with Gasteiger partial charge in [-0.1, -0.05) is 37.5 Å². The molecule has 1 unspecified atom stereocenters. The van der Waals surface area contributed by atoms with Crippen LogP contribution in [-0.4, -0.2) is 40.3 Å². The molecule has 5 heteroatoms. The number of hydrogen-bond donors (Lipinski definition) is 0. The standard InChI is InChI=1S/C30H40N3O2/c1-22-7-10-27-25(17-22)26-20-33(4,21-35-29(34)18-30(3)13-5-6-14-30)16-12-28(26)32(27)15-11-24-9-8-23(2)31-19-24/h7-10,17,19H,5-6,11-16,18,20-21H2,1-4H3/q+1. The number of pyridine rings is 1. The van der Waals surface area contributed by atoms with E-state index in [0.29, 0.717) is 13.2 Å². The molecule has 0 bridgehead atoms. The molecule has 0 N–H and O–H groups in total. The lowest BCUT2D eigenvalue weighted by Crippen LogP contribution is -2.49. The van der Waals surface area contributed by atoms with Gasteiger partial charge in [-0.15, -0.1) is 0 Å². The molecule has 0 amide bonds. The monoisotopic (exact) mass is 474 g/mol. The SMILES string of the molecule is Cc1ccc2c(c1)c1c(n2CCc2ccc(C)nc2)CC[N+](C)(COC(=O)CC2(C)CCCC2)C1. The lowest BCUT2D eigenvalue weighted by atomic mass is 9.85. The summed E-state index contributed by atoms with van der Waals surface area (Å²) in [5.74, 6) is -0.0236. The second-order valence-electron chi connectivity index (χ2n) is 11.7. The summed E-state index contributed by atoms with van der Waals surface area (Å²) in [7, 11) is 2.24. The number of esters is 1. The second-order valence-corrected chi connectivity index (χ2v) is 11.7. The zero-order valence-electron chi connectivity index (χ0n) is 21.9. The van der Waals surface area contributed by atoms with Crippen molar-refractivity contribution in [1.82, 2.24) is 9.55 Å². The summed E-state index contributed by atoms with van der Waals surface area (Å²) in [6, 6.07) is 11.1. The van der Waals surface area contributed by atoms with Gasteiger partial charge in [-0.3, -0.25) is 14.3 Å². The van der Waals surface area contributed by atoms with Crippen LogP contribution in [0.2, 0.25) is 0 Å². The van der Waals surface area contributed by atoms with Crippen molar-refractivity contribution in [3.8, 4) is 0 Å². The summed E-state index contributed by atoms with van der Waals surface area (Å²) in [4.78, 5) is 17.2. The van der Waals surface area contributed by atoms with Gasteiger partial charge in [-0.2, -0.15) is 0 Å². The Hall–Kier alpha value is -2.66. The van der Waals surface area contributed by atoms with Crippen molar-refractivity contribution < 1.29 is 14.0 Å². The average Bonchev–Trinajstić information content (AvgIpc) is 3.38. The van der Waals surface area contributed by atoms with E-state index in [2.05, 4.69) is 60.8 Å². The van der Waals surface area contributed by atoms with Crippen LogP contribution in [0.1, 0.15) is 67.1 Å². The maximum Gasteiger partial charge on any atom is 0.310 e. The largest absolute Gasteiger partial charge is 0.415 e. The number of likely N-dealkylation sites (N-methyl/N-ethyl adjacent to an activating group) is 1. The molecular weight excluding hydrogens is 434 g/mol. The number of carbonyl (C=O) groups excluding carboxylic acids is 1. The normalized spacial score (nSPS) is 21.3. The zero-order chi connectivity index (χ0) is 24.6. The van der Waals surface area contributed by atoms with Gasteiger partial charge >= 0.3 is 5.97 Å². The van der Waals surface area contributed by atoms with E-state index in [1.54, 1.807) is 0 Å². The highest BCUT2D eigenvalue weighted by molar-refractivity contribution is 5.86. The molecule has 3 heterocycles. The maximum atomic E-state index is 12.7. The highest BCUT2D eigenvalue weighted by Gasteiger charge is 2.36. The maximum absolute atomic E-state index is 12.7. The van der Waals surface area contributed by atoms with Crippen molar-refractivity contribution in [2.75, 3.05) is 20.3 Å². The molecule has 0 spiro atoms. The van der Waals surface area contributed by atoms with Gasteiger partial charge in [0.15, 0.2) is 0 Å². The van der Waals surface area contributed by atoms with Crippen molar-refractivity contribution in [3.63, 3.8) is 0 Å². The molecule has 1 fully saturated rings. The number of fused-ring (bicyclic) bond motifs is 3. The van der Waals surface area contributed by atoms with Crippen LogP contribution in [0.4, 0.5) is 0 Å². The van der Waals surface area contributed by atoms with Gasteiger partial charge in [0.2, 0.25) is 6.73 Å². The van der Waals surface area contributed by atoms with Crippen molar-refractivity contribution >= 4 is 16.9 Å². The first kappa shape index (κ1) is 24.1. The van der Waals surface area contributed by atoms with Crippen LogP contribution in [0.3, 0.4) is 0 Å². The third-order valence-electron chi connectivity index (χ3n) is 8.39. The van der Waals surface area contributed by atoms with E-state index >= 15 is 0 Å². The summed E-state index contributed by atoms with van der Waals surface area (Å²) < 4.78 is 9.19. The number of aromatic nitrogens is 2. The third kappa shape index (κ3) is 5.16. The number of ether oxygens (including phenoxy) is 1. The molecular formula is C30H40N3O2+. The van der Waals surface area contributed by atoms with Crippen LogP contribution in [0.5, 0.6) is 0 Å². The first-order valence-corrected chi connectivity index (χ1v) is 13.3. The molecule has 0 radical (unpaired) electrons. The zero-order valence-corrected chi connectivity index (χ0v) is 21.9. The lowest BCUT2D eigenvalue weighted by molar-refractivity contribution is -0.940. The molecule has 2 aromatic heterocycles. The third-order valence-corrected chi connectivity index (χ3v) is 8.39. The summed E-state index contributed by atoms with van der Waals surface area (Å²) in [6.07, 6.45) is 9.32. The van der Waals surface area contributed by atoms with E-state index < -0.39 is 0 Å². The quantitative estimate of drug-likeness (QED) is 0.318. The van der Waals surface area contributed by atoms with Crippen LogP contribution in [0.15, 0.2) is 36.5 Å². The van der Waals surface area contributed by atoms with E-state index in [1.807, 2.05) is 13.1 Å². The Bertz CT molecular complexity index is 1220. The Labute approximate surface area is 209 Å². The molecule has 1 aliphatic heterocycles. The van der Waals surface area contributed by atoms with E-state index in [4.69, 9.17) is 4.74 Å². The smallest absolute Gasteiger partial charge is 0.310 e. The van der Waals surface area contributed by atoms with Crippen LogP contribution >= 0.6 is 0 Å². The van der Waals surface area contributed by atoms with Crippen molar-refractivity contribution in [1.29, 1.82) is 0 Å². The number of aryl methyl sites for hydroxylation is 4. The minimum absolute atomic E-state index is 0.0236. The predicted octanol–water partition coefficient (Wildman–Crippen LogP) is 5.87. The second kappa shape index (κ2) is 9.42. The van der Waals surface area contributed by atoms with Gasteiger partial charge < -0.3 is 9.30 Å². The molecule has 35 heavy (non-hydrogen) atoms. The lowest BCUT2D eigenvalue weighted by Gasteiger charge is -2.37. The van der Waals surface area contributed by atoms with Crippen LogP contribution < -0.4 is 0 Å². The molecule has 1 saturated carbocycles. The predicted molar refractivity (Wildman–Crippen MR) is 140 cm³/mol. The number of rotatable bonds is 7. The summed E-state index contributed by atoms with van der Waals surface area (Å²) >= 11 is 0. The molecule has 1 atom stereocenters. The molecule has 3 aromatic rings. The number of carbonyl (C=O) groups is 1. The van der Waals surface area contributed by atoms with Gasteiger partial charge in [0.25, 0.3) is 0 Å². The van der Waals surface area contributed by atoms with E-state index in [9.17, 15) is 4.79 Å².